The van der Waals surface area contributed by atoms with Gasteiger partial charge in [-0.1, -0.05) is 36.4 Å². The molecule has 0 unspecified atom stereocenters. The molecule has 1 aliphatic heterocycles. The van der Waals surface area contributed by atoms with Gasteiger partial charge in [-0.2, -0.15) is 0 Å². The monoisotopic (exact) mass is 443 g/mol. The van der Waals surface area contributed by atoms with Crippen molar-refractivity contribution < 1.29 is 4.79 Å². The molecule has 0 saturated carbocycles. The van der Waals surface area contributed by atoms with E-state index in [1.807, 2.05) is 58.4 Å². The van der Waals surface area contributed by atoms with Gasteiger partial charge in [0.1, 0.15) is 17.4 Å². The number of fused-ring (bicyclic) bond motifs is 1. The van der Waals surface area contributed by atoms with Gasteiger partial charge in [0.05, 0.1) is 5.52 Å². The Morgan fingerprint density at radius 2 is 1.69 bits per heavy atom. The van der Waals surface area contributed by atoms with E-state index in [1.54, 1.807) is 11.8 Å². The van der Waals surface area contributed by atoms with Crippen LogP contribution in [0.5, 0.6) is 0 Å². The minimum atomic E-state index is 0.151. The molecule has 7 heteroatoms. The van der Waals surface area contributed by atoms with E-state index in [0.29, 0.717) is 19.6 Å². The number of thioether (sulfide) groups is 1. The summed E-state index contributed by atoms with van der Waals surface area (Å²) < 4.78 is 2.04. The van der Waals surface area contributed by atoms with E-state index in [9.17, 15) is 4.79 Å². The molecule has 162 valence electrons. The number of nitrogens with zero attached hydrogens (tertiary/aromatic N) is 5. The topological polar surface area (TPSA) is 54.3 Å². The third-order valence-electron chi connectivity index (χ3n) is 5.79. The lowest BCUT2D eigenvalue weighted by molar-refractivity contribution is -0.132. The van der Waals surface area contributed by atoms with Gasteiger partial charge in [0.2, 0.25) is 5.91 Å². The van der Waals surface area contributed by atoms with Crippen molar-refractivity contribution in [2.45, 2.75) is 17.3 Å². The Hall–Kier alpha value is -3.32. The van der Waals surface area contributed by atoms with Crippen LogP contribution in [0.1, 0.15) is 5.56 Å². The van der Waals surface area contributed by atoms with E-state index in [-0.39, 0.29) is 5.91 Å². The molecule has 4 aromatic rings. The number of hydrogen-bond donors (Lipinski definition) is 0. The number of benzene rings is 1. The average Bonchev–Trinajstić information content (AvgIpc) is 3.27. The lowest BCUT2D eigenvalue weighted by atomic mass is 10.2. The number of rotatable bonds is 6. The maximum Gasteiger partial charge on any atom is 0.242 e. The quantitative estimate of drug-likeness (QED) is 0.421. The summed E-state index contributed by atoms with van der Waals surface area (Å²) in [6, 6.07) is 20.4. The summed E-state index contributed by atoms with van der Waals surface area (Å²) in [5.74, 6) is 2.00. The Labute approximate surface area is 191 Å². The minimum absolute atomic E-state index is 0.151. The van der Waals surface area contributed by atoms with E-state index in [0.717, 1.165) is 40.6 Å². The fourth-order valence-electron chi connectivity index (χ4n) is 4.05. The molecule has 3 aromatic heterocycles. The Bertz CT molecular complexity index is 1190. The van der Waals surface area contributed by atoms with Crippen molar-refractivity contribution in [3.8, 4) is 0 Å². The van der Waals surface area contributed by atoms with Gasteiger partial charge >= 0.3 is 0 Å². The van der Waals surface area contributed by atoms with Crippen LogP contribution in [0.25, 0.3) is 10.9 Å². The van der Waals surface area contributed by atoms with Gasteiger partial charge < -0.3 is 14.4 Å². The number of hydrogen-bond acceptors (Lipinski definition) is 5. The van der Waals surface area contributed by atoms with E-state index >= 15 is 0 Å². The van der Waals surface area contributed by atoms with Crippen molar-refractivity contribution in [2.75, 3.05) is 31.1 Å². The van der Waals surface area contributed by atoms with Crippen LogP contribution in [-0.2, 0) is 17.1 Å². The lowest BCUT2D eigenvalue weighted by Crippen LogP contribution is -2.49. The van der Waals surface area contributed by atoms with Gasteiger partial charge in [0, 0.05) is 55.9 Å². The first-order valence-electron chi connectivity index (χ1n) is 10.8. The highest BCUT2D eigenvalue weighted by Gasteiger charge is 2.22. The molecule has 0 atom stereocenters. The average molecular weight is 444 g/mol. The molecular weight excluding hydrogens is 418 g/mol. The van der Waals surface area contributed by atoms with Crippen molar-refractivity contribution >= 4 is 34.4 Å². The number of carbonyl (C=O) groups excluding carboxylic acids is 1. The van der Waals surface area contributed by atoms with Crippen molar-refractivity contribution in [1.82, 2.24) is 19.4 Å². The highest BCUT2D eigenvalue weighted by Crippen LogP contribution is 2.29. The van der Waals surface area contributed by atoms with Crippen LogP contribution in [0, 0.1) is 0 Å². The zero-order valence-corrected chi connectivity index (χ0v) is 18.6. The van der Waals surface area contributed by atoms with Crippen LogP contribution < -0.4 is 4.90 Å². The van der Waals surface area contributed by atoms with Crippen LogP contribution in [0.3, 0.4) is 0 Å². The molecule has 0 aliphatic carbocycles. The van der Waals surface area contributed by atoms with Gasteiger partial charge in [0.15, 0.2) is 0 Å². The summed E-state index contributed by atoms with van der Waals surface area (Å²) in [5, 5.41) is 2.10. The molecule has 0 spiro atoms. The minimum Gasteiger partial charge on any atom is -0.353 e. The smallest absolute Gasteiger partial charge is 0.242 e. The zero-order valence-electron chi connectivity index (χ0n) is 17.8. The Balaban J connectivity index is 1.23. The Morgan fingerprint density at radius 3 is 2.47 bits per heavy atom. The molecule has 1 aromatic carbocycles. The molecule has 32 heavy (non-hydrogen) atoms. The van der Waals surface area contributed by atoms with Crippen LogP contribution in [0.2, 0.25) is 0 Å². The number of pyridine rings is 2. The second kappa shape index (κ2) is 9.44. The maximum absolute atomic E-state index is 13.0. The number of anilines is 1. The van der Waals surface area contributed by atoms with E-state index in [4.69, 9.17) is 0 Å². The van der Waals surface area contributed by atoms with Gasteiger partial charge in [-0.3, -0.25) is 4.79 Å². The van der Waals surface area contributed by atoms with Gasteiger partial charge in [0.25, 0.3) is 0 Å². The standard InChI is InChI=1S/C25H25N5OS/c31-24(29-16-14-28(15-17-29)23-8-4-5-11-26-23)18-30-13-10-21-22(30)9-12-27-25(21)32-19-20-6-2-1-3-7-20/h1-13H,14-19H2. The summed E-state index contributed by atoms with van der Waals surface area (Å²) in [7, 11) is 0. The Kier molecular flexibility index (Phi) is 6.07. The van der Waals surface area contributed by atoms with Crippen LogP contribution in [0.15, 0.2) is 84.3 Å². The van der Waals surface area contributed by atoms with Crippen LogP contribution in [0.4, 0.5) is 5.82 Å². The molecule has 0 radical (unpaired) electrons. The molecule has 1 fully saturated rings. The van der Waals surface area contributed by atoms with Gasteiger partial charge in [-0.15, -0.1) is 11.8 Å². The summed E-state index contributed by atoms with van der Waals surface area (Å²) in [6.45, 7) is 3.39. The lowest BCUT2D eigenvalue weighted by Gasteiger charge is -2.35. The molecule has 1 saturated heterocycles. The molecule has 6 nitrogen and oxygen atoms in total. The number of aromatic nitrogens is 3. The predicted molar refractivity (Wildman–Crippen MR) is 129 cm³/mol. The molecule has 1 amide bonds. The second-order valence-corrected chi connectivity index (χ2v) is 8.79. The molecular formula is C25H25N5OS. The van der Waals surface area contributed by atoms with E-state index in [2.05, 4.69) is 45.2 Å². The predicted octanol–water partition coefficient (Wildman–Crippen LogP) is 4.07. The summed E-state index contributed by atoms with van der Waals surface area (Å²) >= 11 is 1.73. The third-order valence-corrected chi connectivity index (χ3v) is 6.87. The molecule has 5 rings (SSSR count). The third kappa shape index (κ3) is 4.48. The number of carbonyl (C=O) groups is 1. The fourth-order valence-corrected chi connectivity index (χ4v) is 5.01. The zero-order chi connectivity index (χ0) is 21.8. The van der Waals surface area contributed by atoms with Crippen molar-refractivity contribution in [3.05, 3.63) is 84.8 Å². The van der Waals surface area contributed by atoms with Gasteiger partial charge in [-0.25, -0.2) is 9.97 Å². The summed E-state index contributed by atoms with van der Waals surface area (Å²) in [4.78, 5) is 26.2. The van der Waals surface area contributed by atoms with Crippen molar-refractivity contribution in [1.29, 1.82) is 0 Å². The first kappa shape index (κ1) is 20.6. The highest BCUT2D eigenvalue weighted by atomic mass is 32.2. The normalized spacial score (nSPS) is 14.1. The number of piperazine rings is 1. The summed E-state index contributed by atoms with van der Waals surface area (Å²) in [6.07, 6.45) is 5.65. The first-order chi connectivity index (χ1) is 15.8. The van der Waals surface area contributed by atoms with Gasteiger partial charge in [-0.05, 0) is 29.8 Å². The van der Waals surface area contributed by atoms with Crippen molar-refractivity contribution in [3.63, 3.8) is 0 Å². The van der Waals surface area contributed by atoms with E-state index < -0.39 is 0 Å². The largest absolute Gasteiger partial charge is 0.353 e. The second-order valence-electron chi connectivity index (χ2n) is 7.82. The van der Waals surface area contributed by atoms with Crippen LogP contribution in [-0.4, -0.2) is 51.5 Å². The van der Waals surface area contributed by atoms with E-state index in [1.165, 1.54) is 5.56 Å². The van der Waals surface area contributed by atoms with Crippen molar-refractivity contribution in [2.24, 2.45) is 0 Å². The number of amides is 1. The SMILES string of the molecule is O=C(Cn1ccc2c(SCc3ccccc3)nccc21)N1CCN(c2ccccn2)CC1. The Morgan fingerprint density at radius 1 is 0.875 bits per heavy atom. The molecule has 0 N–H and O–H groups in total. The molecule has 4 heterocycles. The first-order valence-corrected chi connectivity index (χ1v) is 11.8. The summed E-state index contributed by atoms with van der Waals surface area (Å²) in [5.41, 5.74) is 2.33. The fraction of sp³-hybridized carbons (Fsp3) is 0.240. The maximum atomic E-state index is 13.0. The highest BCUT2D eigenvalue weighted by molar-refractivity contribution is 7.98. The molecule has 1 aliphatic rings. The molecule has 0 bridgehead atoms. The van der Waals surface area contributed by atoms with Crippen LogP contribution >= 0.6 is 11.8 Å².